The molecule has 1 saturated heterocycles. The predicted octanol–water partition coefficient (Wildman–Crippen LogP) is 2.71. The second-order valence-electron chi connectivity index (χ2n) is 5.23. The number of piperidine rings is 1. The Hall–Kier alpha value is -1.48. The molecule has 1 aromatic heterocycles. The molecule has 2 aromatic rings. The number of benzene rings is 1. The zero-order valence-corrected chi connectivity index (χ0v) is 10.8. The molecule has 2 N–H and O–H groups in total. The highest BCUT2D eigenvalue weighted by Gasteiger charge is 2.10. The van der Waals surface area contributed by atoms with E-state index in [1.165, 1.54) is 43.3 Å². The molecule has 0 unspecified atom stereocenters. The lowest BCUT2D eigenvalue weighted by atomic mass is 10.1. The Morgan fingerprint density at radius 2 is 1.83 bits per heavy atom. The van der Waals surface area contributed by atoms with Crippen LogP contribution in [0.3, 0.4) is 0 Å². The number of nitrogen functional groups attached to an aromatic ring is 1. The third-order valence-corrected chi connectivity index (χ3v) is 3.90. The highest BCUT2D eigenvalue weighted by Crippen LogP contribution is 2.19. The molecule has 0 aliphatic carbocycles. The molecular weight excluding hydrogens is 222 g/mol. The molecule has 1 aromatic carbocycles. The number of aromatic nitrogens is 1. The average molecular weight is 243 g/mol. The number of hydrogen-bond acceptors (Lipinski definition) is 2. The van der Waals surface area contributed by atoms with Crippen molar-refractivity contribution >= 4 is 16.6 Å². The topological polar surface area (TPSA) is 34.2 Å². The van der Waals surface area contributed by atoms with Crippen molar-refractivity contribution in [1.29, 1.82) is 0 Å². The molecule has 0 bridgehead atoms. The maximum atomic E-state index is 5.81. The summed E-state index contributed by atoms with van der Waals surface area (Å²) in [5.74, 6) is 0. The van der Waals surface area contributed by atoms with Crippen LogP contribution < -0.4 is 5.73 Å². The lowest BCUT2D eigenvalue weighted by Crippen LogP contribution is -2.32. The fourth-order valence-corrected chi connectivity index (χ4v) is 2.85. The van der Waals surface area contributed by atoms with E-state index in [4.69, 9.17) is 5.73 Å². The van der Waals surface area contributed by atoms with Crippen molar-refractivity contribution < 1.29 is 0 Å². The minimum absolute atomic E-state index is 0.844. The van der Waals surface area contributed by atoms with Gasteiger partial charge in [-0.25, -0.2) is 0 Å². The number of rotatable bonds is 3. The van der Waals surface area contributed by atoms with Gasteiger partial charge in [-0.3, -0.25) is 0 Å². The summed E-state index contributed by atoms with van der Waals surface area (Å²) in [7, 11) is 0. The summed E-state index contributed by atoms with van der Waals surface area (Å²) in [6.45, 7) is 4.78. The van der Waals surface area contributed by atoms with Crippen molar-refractivity contribution in [2.75, 3.05) is 25.4 Å². The summed E-state index contributed by atoms with van der Waals surface area (Å²) >= 11 is 0. The average Bonchev–Trinajstić information content (AvgIpc) is 2.80. The van der Waals surface area contributed by atoms with Crippen LogP contribution in [0.4, 0.5) is 5.69 Å². The highest BCUT2D eigenvalue weighted by molar-refractivity contribution is 5.83. The molecule has 0 atom stereocenters. The van der Waals surface area contributed by atoms with Gasteiger partial charge in [0.05, 0.1) is 0 Å². The van der Waals surface area contributed by atoms with Crippen LogP contribution >= 0.6 is 0 Å². The Kier molecular flexibility index (Phi) is 3.24. The molecule has 18 heavy (non-hydrogen) atoms. The number of nitrogens with zero attached hydrogens (tertiary/aromatic N) is 2. The number of likely N-dealkylation sites (tertiary alicyclic amines) is 1. The van der Waals surface area contributed by atoms with Crippen molar-refractivity contribution in [2.45, 2.75) is 25.8 Å². The Bertz CT molecular complexity index is 524. The highest BCUT2D eigenvalue weighted by atomic mass is 15.1. The van der Waals surface area contributed by atoms with E-state index in [0.717, 1.165) is 18.8 Å². The van der Waals surface area contributed by atoms with Gasteiger partial charge in [0.15, 0.2) is 0 Å². The number of anilines is 1. The van der Waals surface area contributed by atoms with Crippen molar-refractivity contribution in [2.24, 2.45) is 0 Å². The summed E-state index contributed by atoms with van der Waals surface area (Å²) in [6, 6.07) is 8.31. The molecule has 2 heterocycles. The molecule has 3 rings (SSSR count). The standard InChI is InChI=1S/C15H21N3/c16-14-4-5-15-13(12-14)6-9-18(15)11-10-17-7-2-1-3-8-17/h4-6,9,12H,1-3,7-8,10-11,16H2. The van der Waals surface area contributed by atoms with E-state index >= 15 is 0 Å². The van der Waals surface area contributed by atoms with Gasteiger partial charge in [0, 0.05) is 35.9 Å². The van der Waals surface area contributed by atoms with Gasteiger partial charge in [-0.05, 0) is 50.2 Å². The summed E-state index contributed by atoms with van der Waals surface area (Å²) in [5, 5.41) is 1.24. The molecule has 0 radical (unpaired) electrons. The predicted molar refractivity (Wildman–Crippen MR) is 76.6 cm³/mol. The first-order valence-electron chi connectivity index (χ1n) is 6.90. The van der Waals surface area contributed by atoms with Crippen molar-refractivity contribution in [1.82, 2.24) is 9.47 Å². The van der Waals surface area contributed by atoms with Gasteiger partial charge in [-0.1, -0.05) is 6.42 Å². The van der Waals surface area contributed by atoms with Gasteiger partial charge in [0.2, 0.25) is 0 Å². The van der Waals surface area contributed by atoms with E-state index in [1.807, 2.05) is 12.1 Å². The van der Waals surface area contributed by atoms with Gasteiger partial charge < -0.3 is 15.2 Å². The smallest absolute Gasteiger partial charge is 0.0482 e. The van der Waals surface area contributed by atoms with Crippen LogP contribution in [0.15, 0.2) is 30.5 Å². The van der Waals surface area contributed by atoms with Crippen LogP contribution in [0, 0.1) is 0 Å². The van der Waals surface area contributed by atoms with Gasteiger partial charge in [-0.2, -0.15) is 0 Å². The van der Waals surface area contributed by atoms with Crippen molar-refractivity contribution in [3.05, 3.63) is 30.5 Å². The molecule has 1 aliphatic heterocycles. The molecule has 0 saturated carbocycles. The van der Waals surface area contributed by atoms with E-state index < -0.39 is 0 Å². The summed E-state index contributed by atoms with van der Waals surface area (Å²) in [4.78, 5) is 2.58. The largest absolute Gasteiger partial charge is 0.399 e. The minimum atomic E-state index is 0.844. The van der Waals surface area contributed by atoms with Crippen LogP contribution in [0.1, 0.15) is 19.3 Å². The first-order chi connectivity index (χ1) is 8.83. The summed E-state index contributed by atoms with van der Waals surface area (Å²) in [6.07, 6.45) is 6.31. The fourth-order valence-electron chi connectivity index (χ4n) is 2.85. The van der Waals surface area contributed by atoms with Gasteiger partial charge >= 0.3 is 0 Å². The molecular formula is C15H21N3. The Morgan fingerprint density at radius 3 is 2.67 bits per heavy atom. The maximum Gasteiger partial charge on any atom is 0.0482 e. The first kappa shape index (κ1) is 11.6. The van der Waals surface area contributed by atoms with Gasteiger partial charge in [0.1, 0.15) is 0 Å². The van der Waals surface area contributed by atoms with Crippen LogP contribution in [-0.4, -0.2) is 29.1 Å². The summed E-state index contributed by atoms with van der Waals surface area (Å²) < 4.78 is 2.34. The number of nitrogens with two attached hydrogens (primary N) is 1. The lowest BCUT2D eigenvalue weighted by Gasteiger charge is -2.26. The van der Waals surface area contributed by atoms with Crippen LogP contribution in [0.25, 0.3) is 10.9 Å². The third kappa shape index (κ3) is 2.36. The fraction of sp³-hybridized carbons (Fsp3) is 0.467. The zero-order chi connectivity index (χ0) is 12.4. The second kappa shape index (κ2) is 5.02. The van der Waals surface area contributed by atoms with E-state index in [2.05, 4.69) is 27.8 Å². The van der Waals surface area contributed by atoms with E-state index in [-0.39, 0.29) is 0 Å². The van der Waals surface area contributed by atoms with Crippen LogP contribution in [0.5, 0.6) is 0 Å². The van der Waals surface area contributed by atoms with Gasteiger partial charge in [-0.15, -0.1) is 0 Å². The normalized spacial score (nSPS) is 17.3. The Morgan fingerprint density at radius 1 is 1.00 bits per heavy atom. The monoisotopic (exact) mass is 243 g/mol. The second-order valence-corrected chi connectivity index (χ2v) is 5.23. The van der Waals surface area contributed by atoms with E-state index in [0.29, 0.717) is 0 Å². The number of fused-ring (bicyclic) bond motifs is 1. The SMILES string of the molecule is Nc1ccc2c(ccn2CCN2CCCCC2)c1. The molecule has 3 nitrogen and oxygen atoms in total. The molecule has 0 spiro atoms. The third-order valence-electron chi connectivity index (χ3n) is 3.90. The minimum Gasteiger partial charge on any atom is -0.399 e. The van der Waals surface area contributed by atoms with Gasteiger partial charge in [0.25, 0.3) is 0 Å². The molecule has 3 heteroatoms. The molecule has 1 aliphatic rings. The maximum absolute atomic E-state index is 5.81. The van der Waals surface area contributed by atoms with E-state index in [1.54, 1.807) is 0 Å². The Labute approximate surface area is 108 Å². The van der Waals surface area contributed by atoms with Crippen molar-refractivity contribution in [3.8, 4) is 0 Å². The molecule has 1 fully saturated rings. The molecule has 0 amide bonds. The van der Waals surface area contributed by atoms with Crippen molar-refractivity contribution in [3.63, 3.8) is 0 Å². The number of hydrogen-bond donors (Lipinski definition) is 1. The summed E-state index contributed by atoms with van der Waals surface area (Å²) in [5.41, 5.74) is 7.94. The van der Waals surface area contributed by atoms with E-state index in [9.17, 15) is 0 Å². The molecule has 96 valence electrons. The first-order valence-corrected chi connectivity index (χ1v) is 6.90. The zero-order valence-electron chi connectivity index (χ0n) is 10.8. The quantitative estimate of drug-likeness (QED) is 0.841. The Balaban J connectivity index is 1.70. The lowest BCUT2D eigenvalue weighted by molar-refractivity contribution is 0.221. The van der Waals surface area contributed by atoms with Crippen LogP contribution in [0.2, 0.25) is 0 Å². The van der Waals surface area contributed by atoms with Crippen LogP contribution in [-0.2, 0) is 6.54 Å².